The molecule has 0 unspecified atom stereocenters. The molecule has 12 nitrogen and oxygen atoms in total. The van der Waals surface area contributed by atoms with Crippen LogP contribution in [0.3, 0.4) is 0 Å². The number of carbonyl (C=O) groups is 2. The highest BCUT2D eigenvalue weighted by Crippen LogP contribution is 2.37. The van der Waals surface area contributed by atoms with E-state index in [1.165, 1.54) is 48.9 Å². The number of sulfonamides is 1. The molecule has 45 heavy (non-hydrogen) atoms. The van der Waals surface area contributed by atoms with Crippen molar-refractivity contribution in [2.24, 2.45) is 5.92 Å². The lowest BCUT2D eigenvalue weighted by atomic mass is 9.99. The summed E-state index contributed by atoms with van der Waals surface area (Å²) < 4.78 is 79.4. The number of rotatable bonds is 8. The SMILES string of the molecule is Cc1noc(C)c1S(=O)(=O)Nc1cccc2c1O[C@@H](CN(C)C(=O)Nc1ccc(C(F)(F)F)cc1)[C@@H](C)CN([C@H](C)CO)C2=O. The Labute approximate surface area is 258 Å². The van der Waals surface area contributed by atoms with Crippen LogP contribution in [-0.2, 0) is 16.2 Å². The minimum atomic E-state index is -4.52. The molecular weight excluding hydrogens is 619 g/mol. The maximum Gasteiger partial charge on any atom is 0.416 e. The highest BCUT2D eigenvalue weighted by Gasteiger charge is 2.36. The average molecular weight is 654 g/mol. The maximum atomic E-state index is 13.7. The van der Waals surface area contributed by atoms with Crippen molar-refractivity contribution < 1.29 is 45.5 Å². The predicted molar refractivity (Wildman–Crippen MR) is 157 cm³/mol. The molecule has 16 heteroatoms. The van der Waals surface area contributed by atoms with Gasteiger partial charge in [0.15, 0.2) is 16.4 Å². The Balaban J connectivity index is 1.66. The smallest absolute Gasteiger partial charge is 0.416 e. The van der Waals surface area contributed by atoms with Gasteiger partial charge in [-0.1, -0.05) is 18.1 Å². The Morgan fingerprint density at radius 2 is 1.87 bits per heavy atom. The molecule has 3 amide bonds. The van der Waals surface area contributed by atoms with E-state index in [9.17, 15) is 36.3 Å². The number of urea groups is 1. The van der Waals surface area contributed by atoms with E-state index < -0.39 is 51.8 Å². The van der Waals surface area contributed by atoms with Crippen LogP contribution in [0.2, 0.25) is 0 Å². The lowest BCUT2D eigenvalue weighted by Gasteiger charge is -2.38. The number of hydrogen-bond donors (Lipinski definition) is 3. The molecule has 2 heterocycles. The normalized spacial score (nSPS) is 17.9. The summed E-state index contributed by atoms with van der Waals surface area (Å²) in [7, 11) is -2.79. The molecule has 0 bridgehead atoms. The van der Waals surface area contributed by atoms with Crippen molar-refractivity contribution in [3.8, 4) is 5.75 Å². The third kappa shape index (κ3) is 7.33. The van der Waals surface area contributed by atoms with E-state index in [-0.39, 0.29) is 58.7 Å². The Morgan fingerprint density at radius 1 is 1.20 bits per heavy atom. The Morgan fingerprint density at radius 3 is 2.44 bits per heavy atom. The minimum absolute atomic E-state index is 0.0306. The largest absolute Gasteiger partial charge is 0.485 e. The summed E-state index contributed by atoms with van der Waals surface area (Å²) in [4.78, 5) is 29.3. The predicted octanol–water partition coefficient (Wildman–Crippen LogP) is 4.50. The molecule has 3 atom stereocenters. The van der Waals surface area contributed by atoms with E-state index in [1.807, 2.05) is 0 Å². The number of amides is 3. The fraction of sp³-hybridized carbons (Fsp3) is 0.414. The van der Waals surface area contributed by atoms with Gasteiger partial charge in [-0.2, -0.15) is 13.2 Å². The molecule has 0 radical (unpaired) electrons. The molecule has 244 valence electrons. The zero-order valence-corrected chi connectivity index (χ0v) is 26.0. The first-order valence-corrected chi connectivity index (χ1v) is 15.4. The lowest BCUT2D eigenvalue weighted by Crippen LogP contribution is -2.50. The highest BCUT2D eigenvalue weighted by molar-refractivity contribution is 7.92. The summed E-state index contributed by atoms with van der Waals surface area (Å²) >= 11 is 0. The number of benzene rings is 2. The number of aliphatic hydroxyl groups is 1. The number of anilines is 2. The molecule has 1 aliphatic heterocycles. The van der Waals surface area contributed by atoms with Gasteiger partial charge in [0.25, 0.3) is 15.9 Å². The maximum absolute atomic E-state index is 13.7. The standard InChI is InChI=1S/C29H34F3N5O7S/c1-16-13-37(17(2)15-38)27(39)22-7-6-8-23(35-45(41,42)26-18(3)34-44-19(26)4)25(22)43-24(16)14-36(5)28(40)33-21-11-9-20(10-12-21)29(30,31)32/h6-12,16-17,24,35,38H,13-15H2,1-5H3,(H,33,40)/t16-,17+,24-/m0/s1. The summed E-state index contributed by atoms with van der Waals surface area (Å²) in [5.74, 6) is -0.958. The first-order chi connectivity index (χ1) is 21.0. The number of carbonyl (C=O) groups excluding carboxylic acids is 2. The zero-order valence-electron chi connectivity index (χ0n) is 25.2. The van der Waals surface area contributed by atoms with E-state index >= 15 is 0 Å². The van der Waals surface area contributed by atoms with Gasteiger partial charge in [0.05, 0.1) is 36.0 Å². The second kappa shape index (κ2) is 13.0. The first kappa shape index (κ1) is 33.6. The van der Waals surface area contributed by atoms with Crippen LogP contribution >= 0.6 is 0 Å². The van der Waals surface area contributed by atoms with Gasteiger partial charge in [0.2, 0.25) is 0 Å². The van der Waals surface area contributed by atoms with Gasteiger partial charge in [-0.3, -0.25) is 9.52 Å². The van der Waals surface area contributed by atoms with E-state index in [2.05, 4.69) is 15.2 Å². The van der Waals surface area contributed by atoms with Crippen LogP contribution in [0.1, 0.15) is 41.2 Å². The number of aliphatic hydroxyl groups excluding tert-OH is 1. The van der Waals surface area contributed by atoms with Crippen LogP contribution in [0, 0.1) is 19.8 Å². The van der Waals surface area contributed by atoms with Crippen LogP contribution in [0.25, 0.3) is 0 Å². The summed E-state index contributed by atoms with van der Waals surface area (Å²) in [6.07, 6.45) is -5.33. The van der Waals surface area contributed by atoms with Gasteiger partial charge in [-0.05, 0) is 57.2 Å². The Bertz CT molecular complexity index is 1640. The average Bonchev–Trinajstić information content (AvgIpc) is 3.32. The summed E-state index contributed by atoms with van der Waals surface area (Å²) in [5.41, 5.74) is -0.606. The van der Waals surface area contributed by atoms with Crippen molar-refractivity contribution in [2.45, 2.75) is 50.9 Å². The molecule has 1 aromatic heterocycles. The molecule has 0 saturated heterocycles. The van der Waals surface area contributed by atoms with Crippen LogP contribution in [0.4, 0.5) is 29.3 Å². The van der Waals surface area contributed by atoms with Gasteiger partial charge < -0.3 is 29.5 Å². The number of halogens is 3. The molecule has 0 saturated carbocycles. The van der Waals surface area contributed by atoms with Crippen molar-refractivity contribution in [1.82, 2.24) is 15.0 Å². The van der Waals surface area contributed by atoms with Crippen molar-refractivity contribution in [3.05, 3.63) is 65.0 Å². The van der Waals surface area contributed by atoms with Gasteiger partial charge in [-0.15, -0.1) is 0 Å². The molecule has 0 spiro atoms. The zero-order chi connectivity index (χ0) is 33.3. The number of ether oxygens (including phenoxy) is 1. The fourth-order valence-corrected chi connectivity index (χ4v) is 6.30. The summed E-state index contributed by atoms with van der Waals surface area (Å²) in [6.45, 7) is 6.09. The Hall–Kier alpha value is -4.31. The van der Waals surface area contributed by atoms with E-state index in [0.717, 1.165) is 24.3 Å². The van der Waals surface area contributed by atoms with Crippen molar-refractivity contribution in [1.29, 1.82) is 0 Å². The topological polar surface area (TPSA) is 154 Å². The van der Waals surface area contributed by atoms with E-state index in [0.29, 0.717) is 0 Å². The number of alkyl halides is 3. The summed E-state index contributed by atoms with van der Waals surface area (Å²) in [5, 5.41) is 16.1. The number of fused-ring (bicyclic) bond motifs is 1. The molecule has 3 aromatic rings. The second-order valence-corrected chi connectivity index (χ2v) is 12.6. The number of likely N-dealkylation sites (N-methyl/N-ethyl adjacent to an activating group) is 1. The second-order valence-electron chi connectivity index (χ2n) is 10.9. The number of aromatic nitrogens is 1. The molecule has 4 rings (SSSR count). The number of aryl methyl sites for hydroxylation is 2. The molecule has 0 fully saturated rings. The third-order valence-electron chi connectivity index (χ3n) is 7.44. The van der Waals surface area contributed by atoms with Gasteiger partial charge in [0, 0.05) is 25.2 Å². The van der Waals surface area contributed by atoms with E-state index in [4.69, 9.17) is 9.26 Å². The molecule has 2 aromatic carbocycles. The lowest BCUT2D eigenvalue weighted by molar-refractivity contribution is -0.137. The van der Waals surface area contributed by atoms with E-state index in [1.54, 1.807) is 13.8 Å². The number of nitrogens with zero attached hydrogens (tertiary/aromatic N) is 3. The van der Waals surface area contributed by atoms with Crippen LogP contribution in [-0.4, -0.2) is 79.3 Å². The van der Waals surface area contributed by atoms with Gasteiger partial charge in [-0.25, -0.2) is 13.2 Å². The number of hydrogen-bond acceptors (Lipinski definition) is 8. The third-order valence-corrected chi connectivity index (χ3v) is 9.05. The number of para-hydroxylation sites is 1. The van der Waals surface area contributed by atoms with Crippen molar-refractivity contribution in [2.75, 3.05) is 36.8 Å². The summed E-state index contributed by atoms with van der Waals surface area (Å²) in [6, 6.07) is 7.11. The minimum Gasteiger partial charge on any atom is -0.485 e. The molecular formula is C29H34F3N5O7S. The monoisotopic (exact) mass is 653 g/mol. The number of nitrogens with one attached hydrogen (secondary N) is 2. The quantitative estimate of drug-likeness (QED) is 0.321. The van der Waals surface area contributed by atoms with Gasteiger partial charge >= 0.3 is 12.2 Å². The molecule has 3 N–H and O–H groups in total. The molecule has 1 aliphatic rings. The Kier molecular flexibility index (Phi) is 9.68. The van der Waals surface area contributed by atoms with Crippen LogP contribution < -0.4 is 14.8 Å². The molecule has 0 aliphatic carbocycles. The van der Waals surface area contributed by atoms with Crippen molar-refractivity contribution >= 4 is 33.3 Å². The van der Waals surface area contributed by atoms with Gasteiger partial charge in [0.1, 0.15) is 11.8 Å². The van der Waals surface area contributed by atoms with Crippen molar-refractivity contribution in [3.63, 3.8) is 0 Å². The highest BCUT2D eigenvalue weighted by atomic mass is 32.2. The van der Waals surface area contributed by atoms with Crippen LogP contribution in [0.15, 0.2) is 51.9 Å². The first-order valence-electron chi connectivity index (χ1n) is 13.9. The fourth-order valence-electron chi connectivity index (χ4n) is 4.91. The van der Waals surface area contributed by atoms with Crippen LogP contribution in [0.5, 0.6) is 5.75 Å².